The van der Waals surface area contributed by atoms with Gasteiger partial charge < -0.3 is 34.4 Å². The van der Waals surface area contributed by atoms with E-state index in [-0.39, 0.29) is 19.8 Å². The molecule has 0 heterocycles. The molecule has 7 nitrogen and oxygen atoms in total. The van der Waals surface area contributed by atoms with Gasteiger partial charge in [-0.1, -0.05) is 0 Å². The lowest BCUT2D eigenvalue weighted by Crippen LogP contribution is -2.28. The number of nitrogens with zero attached hydrogens (tertiary/aromatic N) is 1. The minimum atomic E-state index is 0.250. The second-order valence-corrected chi connectivity index (χ2v) is 8.09. The van der Waals surface area contributed by atoms with Crippen molar-refractivity contribution in [3.63, 3.8) is 0 Å². The van der Waals surface area contributed by atoms with E-state index in [9.17, 15) is 0 Å². The van der Waals surface area contributed by atoms with E-state index >= 15 is 0 Å². The normalized spacial score (nSPS) is 11.6. The van der Waals surface area contributed by atoms with E-state index in [4.69, 9.17) is 29.5 Å². The summed E-state index contributed by atoms with van der Waals surface area (Å²) < 4.78 is 16.9. The summed E-state index contributed by atoms with van der Waals surface area (Å²) in [6.07, 6.45) is 12.0. The predicted octanol–water partition coefficient (Wildman–Crippen LogP) is 3.00. The molecule has 31 heavy (non-hydrogen) atoms. The molecular formula is C24H51NO6. The molecule has 0 spiro atoms. The lowest BCUT2D eigenvalue weighted by atomic mass is 10.2. The molecule has 0 rings (SSSR count). The molecule has 0 bridgehead atoms. The fourth-order valence-corrected chi connectivity index (χ4v) is 3.21. The number of hydrogen-bond donors (Lipinski definition) is 3. The van der Waals surface area contributed by atoms with Crippen molar-refractivity contribution in [3.8, 4) is 0 Å². The van der Waals surface area contributed by atoms with Gasteiger partial charge in [-0.25, -0.2) is 0 Å². The van der Waals surface area contributed by atoms with Gasteiger partial charge in [0.1, 0.15) is 0 Å². The van der Waals surface area contributed by atoms with Crippen LogP contribution < -0.4 is 0 Å². The van der Waals surface area contributed by atoms with Crippen molar-refractivity contribution in [1.82, 2.24) is 4.90 Å². The van der Waals surface area contributed by atoms with Crippen molar-refractivity contribution in [1.29, 1.82) is 0 Å². The van der Waals surface area contributed by atoms with E-state index in [0.717, 1.165) is 136 Å². The predicted molar refractivity (Wildman–Crippen MR) is 126 cm³/mol. The second kappa shape index (κ2) is 27.8. The summed E-state index contributed by atoms with van der Waals surface area (Å²) in [6, 6.07) is 0. The third-order valence-electron chi connectivity index (χ3n) is 5.13. The minimum Gasteiger partial charge on any atom is -0.396 e. The van der Waals surface area contributed by atoms with Crippen LogP contribution in [0.4, 0.5) is 0 Å². The Hall–Kier alpha value is -0.280. The number of rotatable bonds is 27. The maximum atomic E-state index is 8.78. The third-order valence-corrected chi connectivity index (χ3v) is 5.13. The minimum absolute atomic E-state index is 0.250. The van der Waals surface area contributed by atoms with Crippen molar-refractivity contribution in [3.05, 3.63) is 0 Å². The van der Waals surface area contributed by atoms with E-state index < -0.39 is 0 Å². The average molecular weight is 450 g/mol. The Morgan fingerprint density at radius 1 is 0.355 bits per heavy atom. The van der Waals surface area contributed by atoms with Crippen molar-refractivity contribution >= 4 is 0 Å². The molecule has 0 saturated heterocycles. The number of ether oxygens (including phenoxy) is 3. The van der Waals surface area contributed by atoms with E-state index in [1.165, 1.54) is 0 Å². The summed E-state index contributed by atoms with van der Waals surface area (Å²) in [5.74, 6) is 0. The molecule has 0 aromatic carbocycles. The molecule has 0 saturated carbocycles. The highest BCUT2D eigenvalue weighted by Crippen LogP contribution is 2.04. The van der Waals surface area contributed by atoms with Gasteiger partial charge in [0, 0.05) is 59.5 Å². The van der Waals surface area contributed by atoms with Crippen LogP contribution in [0.15, 0.2) is 0 Å². The Bertz CT molecular complexity index is 275. The van der Waals surface area contributed by atoms with E-state index in [1.807, 2.05) is 0 Å². The van der Waals surface area contributed by atoms with Gasteiger partial charge in [-0.3, -0.25) is 0 Å². The zero-order valence-corrected chi connectivity index (χ0v) is 20.0. The molecule has 0 amide bonds. The molecule has 0 unspecified atom stereocenters. The first-order valence-electron chi connectivity index (χ1n) is 12.6. The van der Waals surface area contributed by atoms with Crippen molar-refractivity contribution in [2.24, 2.45) is 0 Å². The van der Waals surface area contributed by atoms with Crippen LogP contribution in [-0.2, 0) is 14.2 Å². The first kappa shape index (κ1) is 30.7. The van der Waals surface area contributed by atoms with Crippen molar-refractivity contribution in [2.45, 2.75) is 77.0 Å². The molecule has 0 aliphatic rings. The zero-order chi connectivity index (χ0) is 22.7. The maximum absolute atomic E-state index is 8.78. The van der Waals surface area contributed by atoms with Crippen LogP contribution >= 0.6 is 0 Å². The molecule has 0 aliphatic carbocycles. The Balaban J connectivity index is 3.82. The Kier molecular flexibility index (Phi) is 27.5. The Morgan fingerprint density at radius 3 is 0.871 bits per heavy atom. The van der Waals surface area contributed by atoms with Crippen LogP contribution in [0.3, 0.4) is 0 Å². The second-order valence-electron chi connectivity index (χ2n) is 8.09. The lowest BCUT2D eigenvalue weighted by molar-refractivity contribution is 0.111. The van der Waals surface area contributed by atoms with Gasteiger partial charge in [-0.2, -0.15) is 0 Å². The molecule has 0 atom stereocenters. The van der Waals surface area contributed by atoms with E-state index in [0.29, 0.717) is 0 Å². The molecule has 0 radical (unpaired) electrons. The Labute approximate surface area is 191 Å². The smallest absolute Gasteiger partial charge is 0.0466 e. The number of aliphatic hydroxyl groups is 3. The van der Waals surface area contributed by atoms with Gasteiger partial charge in [-0.05, 0) is 96.7 Å². The number of unbranched alkanes of at least 4 members (excludes halogenated alkanes) is 6. The van der Waals surface area contributed by atoms with Crippen LogP contribution in [-0.4, -0.2) is 99.3 Å². The largest absolute Gasteiger partial charge is 0.396 e. The fraction of sp³-hybridized carbons (Fsp3) is 1.00. The molecular weight excluding hydrogens is 398 g/mol. The van der Waals surface area contributed by atoms with E-state index in [2.05, 4.69) is 4.90 Å². The van der Waals surface area contributed by atoms with Gasteiger partial charge >= 0.3 is 0 Å². The van der Waals surface area contributed by atoms with Gasteiger partial charge in [0.2, 0.25) is 0 Å². The first-order valence-corrected chi connectivity index (χ1v) is 12.6. The van der Waals surface area contributed by atoms with Crippen molar-refractivity contribution in [2.75, 3.05) is 79.1 Å². The quantitative estimate of drug-likeness (QED) is 0.166. The van der Waals surface area contributed by atoms with Crippen LogP contribution in [0.5, 0.6) is 0 Å². The highest BCUT2D eigenvalue weighted by atomic mass is 16.5. The monoisotopic (exact) mass is 449 g/mol. The standard InChI is InChI=1S/C24H51NO6/c26-16-4-10-22-29-19-7-1-13-25(14-2-8-20-30-23-11-5-17-27)15-3-9-21-31-24-12-6-18-28/h26-28H,1-24H2. The molecule has 188 valence electrons. The molecule has 0 aliphatic heterocycles. The topological polar surface area (TPSA) is 91.6 Å². The third kappa shape index (κ3) is 25.9. The van der Waals surface area contributed by atoms with Gasteiger partial charge in [-0.15, -0.1) is 0 Å². The fourth-order valence-electron chi connectivity index (χ4n) is 3.21. The average Bonchev–Trinajstić information content (AvgIpc) is 2.78. The van der Waals surface area contributed by atoms with Crippen LogP contribution in [0.2, 0.25) is 0 Å². The summed E-state index contributed by atoms with van der Waals surface area (Å²) in [7, 11) is 0. The summed E-state index contributed by atoms with van der Waals surface area (Å²) in [5.41, 5.74) is 0. The van der Waals surface area contributed by atoms with E-state index in [1.54, 1.807) is 0 Å². The first-order chi connectivity index (χ1) is 15.3. The maximum Gasteiger partial charge on any atom is 0.0466 e. The molecule has 0 aromatic heterocycles. The van der Waals surface area contributed by atoms with Gasteiger partial charge in [0.25, 0.3) is 0 Å². The summed E-state index contributed by atoms with van der Waals surface area (Å²) >= 11 is 0. The SMILES string of the molecule is OCCCCOCCCCN(CCCCOCCCCO)CCCCOCCCCO. The molecule has 7 heteroatoms. The lowest BCUT2D eigenvalue weighted by Gasteiger charge is -2.22. The van der Waals surface area contributed by atoms with Crippen molar-refractivity contribution < 1.29 is 29.5 Å². The zero-order valence-electron chi connectivity index (χ0n) is 20.0. The molecule has 0 fully saturated rings. The Morgan fingerprint density at radius 2 is 0.613 bits per heavy atom. The van der Waals surface area contributed by atoms with Crippen LogP contribution in [0.1, 0.15) is 77.0 Å². The summed E-state index contributed by atoms with van der Waals surface area (Å²) in [6.45, 7) is 8.74. The molecule has 0 aromatic rings. The molecule has 3 N–H and O–H groups in total. The number of aliphatic hydroxyl groups excluding tert-OH is 3. The van der Waals surface area contributed by atoms with Gasteiger partial charge in [0.15, 0.2) is 0 Å². The summed E-state index contributed by atoms with van der Waals surface area (Å²) in [5, 5.41) is 26.3. The highest BCUT2D eigenvalue weighted by molar-refractivity contribution is 4.60. The van der Waals surface area contributed by atoms with Crippen LogP contribution in [0.25, 0.3) is 0 Å². The highest BCUT2D eigenvalue weighted by Gasteiger charge is 2.05. The van der Waals surface area contributed by atoms with Crippen LogP contribution in [0, 0.1) is 0 Å². The van der Waals surface area contributed by atoms with Gasteiger partial charge in [0.05, 0.1) is 0 Å². The number of hydrogen-bond acceptors (Lipinski definition) is 7. The summed E-state index contributed by atoms with van der Waals surface area (Å²) in [4.78, 5) is 2.56.